The molecular formula is C21H29N5O2S. The zero-order valence-corrected chi connectivity index (χ0v) is 17.6. The molecule has 1 aliphatic heterocycles. The Morgan fingerprint density at radius 2 is 2.07 bits per heavy atom. The normalized spacial score (nSPS) is 17.5. The highest BCUT2D eigenvalue weighted by atomic mass is 32.2. The maximum absolute atomic E-state index is 12.2. The predicted molar refractivity (Wildman–Crippen MR) is 115 cm³/mol. The molecule has 2 N–H and O–H groups in total. The van der Waals surface area contributed by atoms with Crippen molar-refractivity contribution in [2.24, 2.45) is 10.9 Å². The van der Waals surface area contributed by atoms with Gasteiger partial charge in [-0.05, 0) is 43.4 Å². The van der Waals surface area contributed by atoms with E-state index in [2.05, 4.69) is 49.2 Å². The van der Waals surface area contributed by atoms with E-state index in [-0.39, 0.29) is 11.4 Å². The first-order valence-electron chi connectivity index (χ1n) is 10.1. The largest absolute Gasteiger partial charge is 0.357 e. The number of pyridine rings is 1. The van der Waals surface area contributed by atoms with Crippen molar-refractivity contribution < 1.29 is 8.42 Å². The molecule has 2 aromatic rings. The van der Waals surface area contributed by atoms with Crippen LogP contribution < -0.4 is 10.0 Å². The maximum atomic E-state index is 12.2. The number of aliphatic imine (C=N–C) groups is 1. The van der Waals surface area contributed by atoms with Gasteiger partial charge in [0.15, 0.2) is 5.96 Å². The lowest BCUT2D eigenvalue weighted by Crippen LogP contribution is -2.40. The Labute approximate surface area is 173 Å². The van der Waals surface area contributed by atoms with Crippen LogP contribution in [0.15, 0.2) is 64.7 Å². The van der Waals surface area contributed by atoms with Gasteiger partial charge in [0.05, 0.1) is 6.54 Å². The number of guanidine groups is 1. The van der Waals surface area contributed by atoms with Crippen molar-refractivity contribution in [3.8, 4) is 0 Å². The highest BCUT2D eigenvalue weighted by molar-refractivity contribution is 7.89. The van der Waals surface area contributed by atoms with Crippen molar-refractivity contribution in [2.45, 2.75) is 24.7 Å². The first-order valence-corrected chi connectivity index (χ1v) is 11.5. The third kappa shape index (κ3) is 6.27. The molecule has 0 spiro atoms. The third-order valence-electron chi connectivity index (χ3n) is 4.90. The highest BCUT2D eigenvalue weighted by Gasteiger charge is 2.25. The summed E-state index contributed by atoms with van der Waals surface area (Å²) < 4.78 is 27.1. The van der Waals surface area contributed by atoms with Crippen molar-refractivity contribution in [3.05, 3.63) is 60.4 Å². The molecule has 1 fully saturated rings. The molecule has 0 bridgehead atoms. The fourth-order valence-electron chi connectivity index (χ4n) is 3.50. The number of nitrogens with zero attached hydrogens (tertiary/aromatic N) is 3. The van der Waals surface area contributed by atoms with Crippen LogP contribution in [0.1, 0.15) is 18.9 Å². The fourth-order valence-corrected chi connectivity index (χ4v) is 4.48. The van der Waals surface area contributed by atoms with E-state index in [1.54, 1.807) is 12.3 Å². The molecule has 1 aromatic heterocycles. The zero-order valence-electron chi connectivity index (χ0n) is 16.8. The summed E-state index contributed by atoms with van der Waals surface area (Å²) in [6.45, 7) is 5.36. The smallest absolute Gasteiger partial charge is 0.242 e. The topological polar surface area (TPSA) is 86.7 Å². The van der Waals surface area contributed by atoms with Gasteiger partial charge in [0.1, 0.15) is 4.90 Å². The summed E-state index contributed by atoms with van der Waals surface area (Å²) in [7, 11) is -3.55. The average molecular weight is 416 g/mol. The summed E-state index contributed by atoms with van der Waals surface area (Å²) in [5.41, 5.74) is 1.37. The van der Waals surface area contributed by atoms with E-state index >= 15 is 0 Å². The van der Waals surface area contributed by atoms with Gasteiger partial charge < -0.3 is 10.2 Å². The van der Waals surface area contributed by atoms with Crippen molar-refractivity contribution >= 4 is 16.0 Å². The summed E-state index contributed by atoms with van der Waals surface area (Å²) >= 11 is 0. The zero-order chi connectivity index (χ0) is 20.5. The van der Waals surface area contributed by atoms with Crippen LogP contribution in [0, 0.1) is 5.92 Å². The lowest BCUT2D eigenvalue weighted by molar-refractivity contribution is 0.460. The molecule has 0 saturated carbocycles. The molecular weight excluding hydrogens is 386 g/mol. The van der Waals surface area contributed by atoms with E-state index in [1.807, 2.05) is 13.0 Å². The molecule has 8 heteroatoms. The number of sulfonamides is 1. The van der Waals surface area contributed by atoms with Crippen molar-refractivity contribution in [2.75, 3.05) is 32.7 Å². The quantitative estimate of drug-likeness (QED) is 0.391. The van der Waals surface area contributed by atoms with Crippen LogP contribution >= 0.6 is 0 Å². The second-order valence-corrected chi connectivity index (χ2v) is 8.88. The SMILES string of the molecule is CCNC(=NCCNS(=O)(=O)c1cccnc1)N1CCC(Cc2ccccc2)C1. The number of likely N-dealkylation sites (tertiary alicyclic amines) is 1. The second-order valence-electron chi connectivity index (χ2n) is 7.11. The van der Waals surface area contributed by atoms with Crippen LogP contribution in [-0.2, 0) is 16.4 Å². The minimum atomic E-state index is -3.55. The van der Waals surface area contributed by atoms with Gasteiger partial charge in [-0.3, -0.25) is 9.98 Å². The fraction of sp³-hybridized carbons (Fsp3) is 0.429. The van der Waals surface area contributed by atoms with E-state index in [0.29, 0.717) is 12.5 Å². The van der Waals surface area contributed by atoms with Crippen LogP contribution in [0.3, 0.4) is 0 Å². The number of nitrogens with one attached hydrogen (secondary N) is 2. The van der Waals surface area contributed by atoms with Gasteiger partial charge in [0.2, 0.25) is 10.0 Å². The molecule has 29 heavy (non-hydrogen) atoms. The van der Waals surface area contributed by atoms with Gasteiger partial charge in [-0.15, -0.1) is 0 Å². The number of rotatable bonds is 8. The molecule has 1 saturated heterocycles. The molecule has 2 heterocycles. The van der Waals surface area contributed by atoms with E-state index in [4.69, 9.17) is 0 Å². The molecule has 156 valence electrons. The first kappa shape index (κ1) is 21.3. The summed E-state index contributed by atoms with van der Waals surface area (Å²) in [6.07, 6.45) is 5.09. The van der Waals surface area contributed by atoms with Crippen LogP contribution in [-0.4, -0.2) is 57.0 Å². The molecule has 7 nitrogen and oxygen atoms in total. The molecule has 1 aliphatic rings. The summed E-state index contributed by atoms with van der Waals surface area (Å²) in [5, 5.41) is 3.33. The van der Waals surface area contributed by atoms with Gasteiger partial charge in [-0.25, -0.2) is 13.1 Å². The molecule has 3 rings (SSSR count). The van der Waals surface area contributed by atoms with Gasteiger partial charge in [-0.1, -0.05) is 30.3 Å². The van der Waals surface area contributed by atoms with Gasteiger partial charge in [0, 0.05) is 38.6 Å². The Hall–Kier alpha value is -2.45. The lowest BCUT2D eigenvalue weighted by atomic mass is 9.99. The van der Waals surface area contributed by atoms with E-state index in [0.717, 1.165) is 38.4 Å². The molecule has 1 aromatic carbocycles. The van der Waals surface area contributed by atoms with Crippen molar-refractivity contribution in [3.63, 3.8) is 0 Å². The van der Waals surface area contributed by atoms with Crippen LogP contribution in [0.4, 0.5) is 0 Å². The van der Waals surface area contributed by atoms with E-state index < -0.39 is 10.0 Å². The summed E-state index contributed by atoms with van der Waals surface area (Å²) in [6, 6.07) is 13.7. The molecule has 0 radical (unpaired) electrons. The minimum Gasteiger partial charge on any atom is -0.357 e. The van der Waals surface area contributed by atoms with Crippen LogP contribution in [0.25, 0.3) is 0 Å². The number of hydrogen-bond donors (Lipinski definition) is 2. The Kier molecular flexibility index (Phi) is 7.60. The molecule has 1 atom stereocenters. The van der Waals surface area contributed by atoms with E-state index in [9.17, 15) is 8.42 Å². The maximum Gasteiger partial charge on any atom is 0.242 e. The summed E-state index contributed by atoms with van der Waals surface area (Å²) in [4.78, 5) is 10.9. The van der Waals surface area contributed by atoms with Gasteiger partial charge in [0.25, 0.3) is 0 Å². The van der Waals surface area contributed by atoms with E-state index in [1.165, 1.54) is 17.8 Å². The third-order valence-corrected chi connectivity index (χ3v) is 6.34. The Balaban J connectivity index is 1.52. The predicted octanol–water partition coefficient (Wildman–Crippen LogP) is 1.89. The monoisotopic (exact) mass is 415 g/mol. The Bertz CT molecular complexity index is 888. The lowest BCUT2D eigenvalue weighted by Gasteiger charge is -2.21. The standard InChI is InChI=1S/C21H29N5O2S/c1-2-23-21(24-12-13-25-29(27,28)20-9-6-11-22-16-20)26-14-10-19(17-26)15-18-7-4-3-5-8-18/h3-9,11,16,19,25H,2,10,12-15,17H2,1H3,(H,23,24). The Morgan fingerprint density at radius 1 is 1.24 bits per heavy atom. The van der Waals surface area contributed by atoms with Crippen LogP contribution in [0.5, 0.6) is 0 Å². The van der Waals surface area contributed by atoms with Crippen molar-refractivity contribution in [1.82, 2.24) is 19.9 Å². The first-order chi connectivity index (χ1) is 14.1. The van der Waals surface area contributed by atoms with Crippen LogP contribution in [0.2, 0.25) is 0 Å². The summed E-state index contributed by atoms with van der Waals surface area (Å²) in [5.74, 6) is 1.45. The Morgan fingerprint density at radius 3 is 2.79 bits per heavy atom. The highest BCUT2D eigenvalue weighted by Crippen LogP contribution is 2.20. The number of aromatic nitrogens is 1. The average Bonchev–Trinajstić information content (AvgIpc) is 3.20. The number of benzene rings is 1. The minimum absolute atomic E-state index is 0.166. The molecule has 1 unspecified atom stereocenters. The second kappa shape index (κ2) is 10.4. The van der Waals surface area contributed by atoms with Gasteiger partial charge in [-0.2, -0.15) is 0 Å². The molecule has 0 aliphatic carbocycles. The van der Waals surface area contributed by atoms with Gasteiger partial charge >= 0.3 is 0 Å². The number of hydrogen-bond acceptors (Lipinski definition) is 4. The molecule has 0 amide bonds. The van der Waals surface area contributed by atoms with Crippen molar-refractivity contribution in [1.29, 1.82) is 0 Å².